The Bertz CT molecular complexity index is 800. The van der Waals surface area contributed by atoms with Crippen molar-refractivity contribution in [2.75, 3.05) is 26.2 Å². The fraction of sp³-hybridized carbons (Fsp3) is 0.364. The van der Waals surface area contributed by atoms with Crippen molar-refractivity contribution in [1.82, 2.24) is 9.88 Å². The molecule has 3 aromatic rings. The molecular formula is C22H28N2OS. The number of nitrogens with zero attached hydrogens (tertiary/aromatic N) is 1. The average Bonchev–Trinajstić information content (AvgIpc) is 3.09. The van der Waals surface area contributed by atoms with Crippen LogP contribution in [0, 0.1) is 0 Å². The van der Waals surface area contributed by atoms with E-state index in [9.17, 15) is 0 Å². The highest BCUT2D eigenvalue weighted by molar-refractivity contribution is 7.99. The van der Waals surface area contributed by atoms with Crippen LogP contribution in [0.25, 0.3) is 10.9 Å². The van der Waals surface area contributed by atoms with Crippen LogP contribution in [0.1, 0.15) is 26.7 Å². The van der Waals surface area contributed by atoms with E-state index in [0.717, 1.165) is 37.5 Å². The Balaban J connectivity index is 1.66. The van der Waals surface area contributed by atoms with Crippen molar-refractivity contribution in [3.63, 3.8) is 0 Å². The highest BCUT2D eigenvalue weighted by atomic mass is 32.2. The highest BCUT2D eigenvalue weighted by Crippen LogP contribution is 2.36. The summed E-state index contributed by atoms with van der Waals surface area (Å²) < 4.78 is 6.11. The van der Waals surface area contributed by atoms with Crippen LogP contribution in [0.3, 0.4) is 0 Å². The van der Waals surface area contributed by atoms with E-state index in [4.69, 9.17) is 4.74 Å². The van der Waals surface area contributed by atoms with Crippen molar-refractivity contribution in [1.29, 1.82) is 0 Å². The van der Waals surface area contributed by atoms with E-state index >= 15 is 0 Å². The monoisotopic (exact) mass is 368 g/mol. The lowest BCUT2D eigenvalue weighted by atomic mass is 10.2. The van der Waals surface area contributed by atoms with E-state index in [1.807, 2.05) is 6.07 Å². The largest absolute Gasteiger partial charge is 0.490 e. The van der Waals surface area contributed by atoms with Gasteiger partial charge in [-0.15, -0.1) is 0 Å². The molecule has 0 saturated heterocycles. The lowest BCUT2D eigenvalue weighted by Crippen LogP contribution is -2.29. The Labute approximate surface area is 160 Å². The van der Waals surface area contributed by atoms with E-state index in [-0.39, 0.29) is 0 Å². The number of unbranched alkanes of at least 4 members (excludes halogenated alkanes) is 1. The molecule has 26 heavy (non-hydrogen) atoms. The minimum Gasteiger partial charge on any atom is -0.490 e. The van der Waals surface area contributed by atoms with Crippen molar-refractivity contribution < 1.29 is 4.74 Å². The molecule has 0 bridgehead atoms. The van der Waals surface area contributed by atoms with E-state index in [1.165, 1.54) is 28.0 Å². The number of nitrogens with one attached hydrogen (secondary N) is 1. The van der Waals surface area contributed by atoms with Crippen molar-refractivity contribution in [3.8, 4) is 5.75 Å². The minimum absolute atomic E-state index is 0.719. The molecule has 4 heteroatoms. The molecule has 3 rings (SSSR count). The van der Waals surface area contributed by atoms with Gasteiger partial charge < -0.3 is 14.6 Å². The second kappa shape index (κ2) is 9.70. The quantitative estimate of drug-likeness (QED) is 0.489. The first kappa shape index (κ1) is 18.9. The number of aromatic nitrogens is 1. The molecule has 0 radical (unpaired) electrons. The molecule has 0 aliphatic heterocycles. The van der Waals surface area contributed by atoms with Crippen LogP contribution in [-0.2, 0) is 0 Å². The molecule has 2 aromatic carbocycles. The van der Waals surface area contributed by atoms with Gasteiger partial charge in [0.25, 0.3) is 0 Å². The zero-order valence-corrected chi connectivity index (χ0v) is 16.5. The summed E-state index contributed by atoms with van der Waals surface area (Å²) in [6, 6.07) is 16.8. The summed E-state index contributed by atoms with van der Waals surface area (Å²) in [5.41, 5.74) is 1.09. The van der Waals surface area contributed by atoms with Gasteiger partial charge in [-0.25, -0.2) is 0 Å². The Hall–Kier alpha value is -1.91. The summed E-state index contributed by atoms with van der Waals surface area (Å²) in [5.74, 6) is 0.939. The zero-order valence-electron chi connectivity index (χ0n) is 15.7. The van der Waals surface area contributed by atoms with Gasteiger partial charge in [0.05, 0.1) is 5.52 Å². The molecule has 3 nitrogen and oxygen atoms in total. The second-order valence-corrected chi connectivity index (χ2v) is 7.50. The number of aromatic amines is 1. The van der Waals surface area contributed by atoms with Gasteiger partial charge in [0.15, 0.2) is 0 Å². The summed E-state index contributed by atoms with van der Waals surface area (Å²) >= 11 is 1.78. The number of likely N-dealkylation sites (N-methyl/N-ethyl adjacent to an activating group) is 1. The Morgan fingerprint density at radius 1 is 1.00 bits per heavy atom. The van der Waals surface area contributed by atoms with Crippen LogP contribution in [-0.4, -0.2) is 36.1 Å². The molecule has 0 atom stereocenters. The highest BCUT2D eigenvalue weighted by Gasteiger charge is 2.10. The second-order valence-electron chi connectivity index (χ2n) is 6.38. The maximum absolute atomic E-state index is 6.11. The summed E-state index contributed by atoms with van der Waals surface area (Å²) in [6.45, 7) is 8.38. The van der Waals surface area contributed by atoms with Crippen LogP contribution in [0.4, 0.5) is 0 Å². The van der Waals surface area contributed by atoms with Crippen molar-refractivity contribution in [3.05, 3.63) is 54.7 Å². The number of para-hydroxylation sites is 1. The number of hydrogen-bond donors (Lipinski definition) is 1. The number of fused-ring (bicyclic) bond motifs is 1. The van der Waals surface area contributed by atoms with Gasteiger partial charge in [-0.1, -0.05) is 62.4 Å². The molecule has 0 aliphatic rings. The molecule has 1 N–H and O–H groups in total. The van der Waals surface area contributed by atoms with E-state index in [1.54, 1.807) is 11.8 Å². The van der Waals surface area contributed by atoms with Crippen LogP contribution >= 0.6 is 11.8 Å². The Kier molecular flexibility index (Phi) is 7.04. The maximum atomic E-state index is 6.11. The zero-order chi connectivity index (χ0) is 18.2. The number of hydrogen-bond acceptors (Lipinski definition) is 3. The maximum Gasteiger partial charge on any atom is 0.143 e. The summed E-state index contributed by atoms with van der Waals surface area (Å²) in [7, 11) is 0. The summed E-state index contributed by atoms with van der Waals surface area (Å²) in [4.78, 5) is 8.33. The molecule has 0 amide bonds. The number of benzene rings is 2. The molecule has 1 aromatic heterocycles. The normalized spacial score (nSPS) is 11.3. The van der Waals surface area contributed by atoms with Gasteiger partial charge in [-0.2, -0.15) is 0 Å². The molecule has 138 valence electrons. The third-order valence-electron chi connectivity index (χ3n) is 4.55. The van der Waals surface area contributed by atoms with Gasteiger partial charge in [0.1, 0.15) is 12.4 Å². The fourth-order valence-corrected chi connectivity index (χ4v) is 3.96. The standard InChI is InChI=1S/C22H28N2OS/c1-3-5-14-24(4-2)15-16-25-20-13-9-12-19-21(17-23-22(19)20)26-18-10-7-6-8-11-18/h6-13,17,23H,3-5,14-16H2,1-2H3. The van der Waals surface area contributed by atoms with Crippen molar-refractivity contribution in [2.45, 2.75) is 36.5 Å². The van der Waals surface area contributed by atoms with E-state index in [2.05, 4.69) is 72.4 Å². The molecule has 1 heterocycles. The molecule has 0 saturated carbocycles. The van der Waals surface area contributed by atoms with Gasteiger partial charge in [0.2, 0.25) is 0 Å². The predicted octanol–water partition coefficient (Wildman–Crippen LogP) is 5.82. The molecular weight excluding hydrogens is 340 g/mol. The summed E-state index contributed by atoms with van der Waals surface area (Å²) in [5, 5.41) is 1.22. The predicted molar refractivity (Wildman–Crippen MR) is 111 cm³/mol. The Morgan fingerprint density at radius 3 is 2.62 bits per heavy atom. The minimum atomic E-state index is 0.719. The van der Waals surface area contributed by atoms with Crippen LogP contribution in [0.5, 0.6) is 5.75 Å². The molecule has 0 fully saturated rings. The van der Waals surface area contributed by atoms with Crippen molar-refractivity contribution >= 4 is 22.7 Å². The third kappa shape index (κ3) is 4.83. The Morgan fingerprint density at radius 2 is 1.85 bits per heavy atom. The first-order valence-corrected chi connectivity index (χ1v) is 10.3. The first-order chi connectivity index (χ1) is 12.8. The van der Waals surface area contributed by atoms with E-state index < -0.39 is 0 Å². The molecule has 0 unspecified atom stereocenters. The fourth-order valence-electron chi connectivity index (χ4n) is 3.02. The van der Waals surface area contributed by atoms with Crippen LogP contribution in [0.15, 0.2) is 64.5 Å². The van der Waals surface area contributed by atoms with Gasteiger partial charge in [-0.05, 0) is 37.7 Å². The number of rotatable bonds is 10. The number of H-pyrrole nitrogens is 1. The lowest BCUT2D eigenvalue weighted by Gasteiger charge is -2.20. The van der Waals surface area contributed by atoms with Gasteiger partial charge in [0, 0.05) is 27.9 Å². The van der Waals surface area contributed by atoms with Gasteiger partial charge in [-0.3, -0.25) is 0 Å². The number of ether oxygens (including phenoxy) is 1. The molecule has 0 spiro atoms. The topological polar surface area (TPSA) is 28.3 Å². The van der Waals surface area contributed by atoms with E-state index in [0.29, 0.717) is 0 Å². The van der Waals surface area contributed by atoms with Crippen LogP contribution < -0.4 is 4.74 Å². The smallest absolute Gasteiger partial charge is 0.143 e. The average molecular weight is 369 g/mol. The third-order valence-corrected chi connectivity index (χ3v) is 5.62. The SMILES string of the molecule is CCCCN(CC)CCOc1cccc2c(Sc3ccccc3)c[nH]c12. The molecule has 0 aliphatic carbocycles. The van der Waals surface area contributed by atoms with Crippen molar-refractivity contribution in [2.24, 2.45) is 0 Å². The van der Waals surface area contributed by atoms with Crippen LogP contribution in [0.2, 0.25) is 0 Å². The summed E-state index contributed by atoms with van der Waals surface area (Å²) in [6.07, 6.45) is 4.57. The lowest BCUT2D eigenvalue weighted by molar-refractivity contribution is 0.215. The first-order valence-electron chi connectivity index (χ1n) is 9.50. The van der Waals surface area contributed by atoms with Gasteiger partial charge >= 0.3 is 0 Å².